The lowest BCUT2D eigenvalue weighted by Gasteiger charge is -2.21. The van der Waals surface area contributed by atoms with Crippen molar-refractivity contribution in [1.29, 1.82) is 0 Å². The van der Waals surface area contributed by atoms with Gasteiger partial charge >= 0.3 is 11.8 Å². The lowest BCUT2D eigenvalue weighted by atomic mass is 10.3. The van der Waals surface area contributed by atoms with Crippen LogP contribution >= 0.6 is 24.8 Å². The third-order valence-corrected chi connectivity index (χ3v) is 1.51. The largest absolute Gasteiger partial charge is 0.550 e. The Morgan fingerprint density at radius 2 is 1.45 bits per heavy atom. The first-order chi connectivity index (χ1) is 8.14. The first-order valence-electron chi connectivity index (χ1n) is 4.78. The average Bonchev–Trinajstić information content (AvgIpc) is 2.10. The number of nitrogens with zero attached hydrogens (tertiary/aromatic N) is 2. The molecule has 0 spiro atoms. The van der Waals surface area contributed by atoms with E-state index in [2.05, 4.69) is 9.98 Å². The fraction of sp³-hybridized carbons (Fsp3) is 0.500. The molecule has 0 radical (unpaired) electrons. The Hall–Kier alpha value is -1.94. The van der Waals surface area contributed by atoms with Crippen LogP contribution in [0.3, 0.4) is 0 Å². The molecule has 20 heavy (non-hydrogen) atoms. The minimum Gasteiger partial charge on any atom is -0.550 e. The summed E-state index contributed by atoms with van der Waals surface area (Å²) in [5.74, 6) is -4.93. The normalized spacial score (nSPS) is 9.25. The van der Waals surface area contributed by atoms with Crippen molar-refractivity contribution in [2.24, 2.45) is 32.9 Å². The highest BCUT2D eigenvalue weighted by atomic mass is 35.5. The SMILES string of the molecule is CC(N=C(N)N)(N=C(N)N)OC(=O)CCC(=O)[O-].Cl.Cl. The van der Waals surface area contributed by atoms with Crippen molar-refractivity contribution in [3.05, 3.63) is 0 Å². The zero-order chi connectivity index (χ0) is 14.3. The van der Waals surface area contributed by atoms with Gasteiger partial charge in [0.05, 0.1) is 6.42 Å². The summed E-state index contributed by atoms with van der Waals surface area (Å²) in [4.78, 5) is 28.6. The van der Waals surface area contributed by atoms with Crippen molar-refractivity contribution >= 4 is 48.7 Å². The van der Waals surface area contributed by atoms with E-state index in [1.807, 2.05) is 0 Å². The van der Waals surface area contributed by atoms with E-state index in [1.165, 1.54) is 6.92 Å². The number of carboxylic acids is 1. The van der Waals surface area contributed by atoms with Crippen LogP contribution in [0.1, 0.15) is 19.8 Å². The van der Waals surface area contributed by atoms with Crippen LogP contribution in [0.15, 0.2) is 9.98 Å². The molecule has 0 aromatic heterocycles. The van der Waals surface area contributed by atoms with Crippen LogP contribution in [0.2, 0.25) is 0 Å². The number of ether oxygens (including phenoxy) is 1. The van der Waals surface area contributed by atoms with Crippen molar-refractivity contribution in [1.82, 2.24) is 0 Å². The van der Waals surface area contributed by atoms with E-state index < -0.39 is 42.5 Å². The Morgan fingerprint density at radius 3 is 1.75 bits per heavy atom. The zero-order valence-electron chi connectivity index (χ0n) is 10.6. The maximum atomic E-state index is 11.3. The van der Waals surface area contributed by atoms with Crippen molar-refractivity contribution < 1.29 is 19.4 Å². The van der Waals surface area contributed by atoms with E-state index in [0.29, 0.717) is 0 Å². The predicted molar refractivity (Wildman–Crippen MR) is 74.9 cm³/mol. The number of aliphatic carboxylic acids is 1. The second-order valence-electron chi connectivity index (χ2n) is 3.35. The van der Waals surface area contributed by atoms with Gasteiger partial charge < -0.3 is 37.6 Å². The van der Waals surface area contributed by atoms with E-state index >= 15 is 0 Å². The van der Waals surface area contributed by atoms with Crippen LogP contribution in [0, 0.1) is 0 Å². The van der Waals surface area contributed by atoms with Crippen LogP contribution in [0.5, 0.6) is 0 Å². The molecule has 0 aromatic carbocycles. The number of nitrogens with two attached hydrogens (primary N) is 4. The number of hydrogen-bond donors (Lipinski definition) is 4. The summed E-state index contributed by atoms with van der Waals surface area (Å²) in [6.45, 7) is 1.23. The molecule has 0 saturated heterocycles. The van der Waals surface area contributed by atoms with Crippen molar-refractivity contribution in [2.45, 2.75) is 25.6 Å². The molecule has 0 bridgehead atoms. The maximum absolute atomic E-state index is 11.3. The van der Waals surface area contributed by atoms with Gasteiger partial charge in [0.1, 0.15) is 0 Å². The van der Waals surface area contributed by atoms with Crippen molar-refractivity contribution in [3.63, 3.8) is 0 Å². The molecule has 8 N–H and O–H groups in total. The van der Waals surface area contributed by atoms with Gasteiger partial charge in [-0.2, -0.15) is 9.98 Å². The molecule has 0 aromatic rings. The molecular formula is C8H17Cl2N6O4-. The Morgan fingerprint density at radius 1 is 1.05 bits per heavy atom. The predicted octanol–water partition coefficient (Wildman–Crippen LogP) is -2.88. The molecule has 0 rings (SSSR count). The number of halogens is 2. The topological polar surface area (TPSA) is 195 Å². The molecule has 0 fully saturated rings. The quantitative estimate of drug-likeness (QED) is 0.226. The highest BCUT2D eigenvalue weighted by Crippen LogP contribution is 2.15. The number of aliphatic imine (C=N–C) groups is 2. The van der Waals surface area contributed by atoms with Gasteiger partial charge in [-0.1, -0.05) is 0 Å². The van der Waals surface area contributed by atoms with Crippen LogP contribution in [-0.2, 0) is 14.3 Å². The van der Waals surface area contributed by atoms with Crippen LogP contribution in [0.4, 0.5) is 0 Å². The van der Waals surface area contributed by atoms with Gasteiger partial charge in [-0.3, -0.25) is 4.79 Å². The molecule has 118 valence electrons. The smallest absolute Gasteiger partial charge is 0.309 e. The summed E-state index contributed by atoms with van der Waals surface area (Å²) in [5, 5.41) is 10.2. The summed E-state index contributed by atoms with van der Waals surface area (Å²) in [5.41, 5.74) is 20.5. The number of carboxylic acid groups (broad SMARTS) is 1. The molecule has 12 heteroatoms. The highest BCUT2D eigenvalue weighted by Gasteiger charge is 2.27. The number of esters is 1. The summed E-state index contributed by atoms with van der Waals surface area (Å²) in [7, 11) is 0. The van der Waals surface area contributed by atoms with E-state index in [4.69, 9.17) is 27.7 Å². The molecule has 10 nitrogen and oxygen atoms in total. The zero-order valence-corrected chi connectivity index (χ0v) is 12.2. The van der Waals surface area contributed by atoms with E-state index in [-0.39, 0.29) is 24.8 Å². The van der Waals surface area contributed by atoms with E-state index in [9.17, 15) is 14.7 Å². The lowest BCUT2D eigenvalue weighted by Crippen LogP contribution is -2.38. The van der Waals surface area contributed by atoms with Gasteiger partial charge in [-0.25, -0.2) is 0 Å². The molecule has 0 heterocycles. The monoisotopic (exact) mass is 331 g/mol. The summed E-state index contributed by atoms with van der Waals surface area (Å²) < 4.78 is 4.78. The molecule has 0 unspecified atom stereocenters. The molecule has 0 amide bonds. The van der Waals surface area contributed by atoms with E-state index in [0.717, 1.165) is 0 Å². The van der Waals surface area contributed by atoms with Crippen LogP contribution < -0.4 is 28.0 Å². The first kappa shape index (κ1) is 23.2. The summed E-state index contributed by atoms with van der Waals surface area (Å²) in [6, 6.07) is 0. The van der Waals surface area contributed by atoms with Crippen molar-refractivity contribution in [2.75, 3.05) is 0 Å². The molecular weight excluding hydrogens is 315 g/mol. The fourth-order valence-electron chi connectivity index (χ4n) is 1.02. The second kappa shape index (κ2) is 9.92. The van der Waals surface area contributed by atoms with Gasteiger partial charge in [-0.05, 0) is 6.42 Å². The van der Waals surface area contributed by atoms with Crippen LogP contribution in [-0.4, -0.2) is 29.7 Å². The minimum atomic E-state index is -1.83. The average molecular weight is 332 g/mol. The number of hydrogen-bond acceptors (Lipinski definition) is 6. The Balaban J connectivity index is -0.00000144. The number of carbonyl (C=O) groups excluding carboxylic acids is 2. The molecule has 0 saturated carbocycles. The lowest BCUT2D eigenvalue weighted by molar-refractivity contribution is -0.305. The van der Waals surface area contributed by atoms with E-state index in [1.54, 1.807) is 0 Å². The van der Waals surface area contributed by atoms with Gasteiger partial charge in [0.2, 0.25) is 0 Å². The number of rotatable bonds is 6. The summed E-state index contributed by atoms with van der Waals surface area (Å²) in [6.07, 6.45) is -0.920. The number of guanidine groups is 2. The van der Waals surface area contributed by atoms with Crippen LogP contribution in [0.25, 0.3) is 0 Å². The highest BCUT2D eigenvalue weighted by molar-refractivity contribution is 5.85. The Bertz CT molecular complexity index is 374. The minimum absolute atomic E-state index is 0. The Kier molecular flexibility index (Phi) is 11.5. The second-order valence-corrected chi connectivity index (χ2v) is 3.35. The first-order valence-corrected chi connectivity index (χ1v) is 4.78. The maximum Gasteiger partial charge on any atom is 0.309 e. The standard InChI is InChI=1S/C8H16N6O4.2ClH/c1-8(13-6(9)10,14-7(11)12)18-5(17)3-2-4(15)16;;/h2-3H2,1H3,(H,15,16)(H4,9,10,13)(H4,11,12,14);2*1H/p-1. The molecule has 0 atom stereocenters. The van der Waals surface area contributed by atoms with Crippen molar-refractivity contribution in [3.8, 4) is 0 Å². The van der Waals surface area contributed by atoms with Gasteiger partial charge in [0.25, 0.3) is 0 Å². The molecule has 0 aliphatic heterocycles. The number of carbonyl (C=O) groups is 2. The molecule has 0 aliphatic rings. The van der Waals surface area contributed by atoms with Gasteiger partial charge in [0.15, 0.2) is 11.9 Å². The third-order valence-electron chi connectivity index (χ3n) is 1.51. The van der Waals surface area contributed by atoms with Gasteiger partial charge in [-0.15, -0.1) is 24.8 Å². The fourth-order valence-corrected chi connectivity index (χ4v) is 1.02. The van der Waals surface area contributed by atoms with Gasteiger partial charge in [0, 0.05) is 12.9 Å². The third kappa shape index (κ3) is 11.2. The Labute approximate surface area is 127 Å². The molecule has 0 aliphatic carbocycles. The summed E-state index contributed by atoms with van der Waals surface area (Å²) >= 11 is 0.